The summed E-state index contributed by atoms with van der Waals surface area (Å²) in [7, 11) is 0. The maximum absolute atomic E-state index is 13.1. The molecule has 62 heavy (non-hydrogen) atoms. The third-order valence-electron chi connectivity index (χ3n) is 12.8. The normalized spacial score (nSPS) is 21.7. The van der Waals surface area contributed by atoms with Gasteiger partial charge in [0.05, 0.1) is 33.8 Å². The molecule has 0 saturated heterocycles. The lowest BCUT2D eigenvalue weighted by Crippen LogP contribution is -2.38. The van der Waals surface area contributed by atoms with Gasteiger partial charge in [0, 0.05) is 17.1 Å². The van der Waals surface area contributed by atoms with Crippen molar-refractivity contribution in [1.82, 2.24) is 15.0 Å². The Balaban J connectivity index is 0.000000205. The van der Waals surface area contributed by atoms with Gasteiger partial charge in [0.1, 0.15) is 16.2 Å². The van der Waals surface area contributed by atoms with Gasteiger partial charge in [0.15, 0.2) is 0 Å². The lowest BCUT2D eigenvalue weighted by molar-refractivity contribution is -0.181. The fourth-order valence-electron chi connectivity index (χ4n) is 7.29. The van der Waals surface area contributed by atoms with Crippen LogP contribution in [0.25, 0.3) is 0 Å². The predicted molar refractivity (Wildman–Crippen MR) is 209 cm³/mol. The van der Waals surface area contributed by atoms with E-state index >= 15 is 0 Å². The number of carboxylic acid groups (broad SMARTS) is 3. The second-order valence-electron chi connectivity index (χ2n) is 18.6. The zero-order chi connectivity index (χ0) is 47.2. The van der Waals surface area contributed by atoms with Gasteiger partial charge >= 0.3 is 36.4 Å². The van der Waals surface area contributed by atoms with Crippen molar-refractivity contribution in [2.45, 2.75) is 148 Å². The number of hydrogen-bond donors (Lipinski definition) is 3. The summed E-state index contributed by atoms with van der Waals surface area (Å²) in [4.78, 5) is 46.0. The minimum atomic E-state index is -4.38. The van der Waals surface area contributed by atoms with Crippen LogP contribution >= 0.6 is 0 Å². The van der Waals surface area contributed by atoms with E-state index in [9.17, 15) is 64.1 Å². The van der Waals surface area contributed by atoms with Gasteiger partial charge in [-0.25, -0.2) is 0 Å². The van der Waals surface area contributed by atoms with Crippen LogP contribution < -0.4 is 0 Å². The number of alkyl halides is 9. The van der Waals surface area contributed by atoms with Gasteiger partial charge in [-0.1, -0.05) is 18.2 Å². The second-order valence-corrected chi connectivity index (χ2v) is 18.6. The maximum atomic E-state index is 13.1. The molecule has 0 aromatic carbocycles. The summed E-state index contributed by atoms with van der Waals surface area (Å²) in [6.45, 7) is 9.93. The molecule has 3 aliphatic carbocycles. The Morgan fingerprint density at radius 1 is 0.532 bits per heavy atom. The van der Waals surface area contributed by atoms with Gasteiger partial charge in [-0.2, -0.15) is 39.5 Å². The first kappa shape index (κ1) is 49.9. The summed E-state index contributed by atoms with van der Waals surface area (Å²) in [6.07, 6.45) is -9.79. The molecule has 0 amide bonds. The number of nitrogens with zero attached hydrogens (tertiary/aromatic N) is 3. The van der Waals surface area contributed by atoms with Gasteiger partial charge in [-0.15, -0.1) is 0 Å². The standard InChI is InChI=1S/2C15H18F3NO2.C14H16F3NO2/c2*1-13(2,15(16,17)18)11-5-4-9-8-14(3,12(20)21)7-6-10(9)19-11;1-13(2,14(15,16)17)11-6-4-8-7-9(12(19)20)3-5-10(8)18-11/h2*4-5H,6-8H2,1-3H3,(H,20,21);4,6,9H,3,5,7H2,1-2H3,(H,19,20)/t2*14-;9-/m101/s1. The first-order valence-electron chi connectivity index (χ1n) is 19.9. The Bertz CT molecular complexity index is 2080. The van der Waals surface area contributed by atoms with Crippen molar-refractivity contribution in [2.75, 3.05) is 0 Å². The molecule has 3 aromatic heterocycles. The molecule has 0 radical (unpaired) electrons. The molecular weight excluding hydrogens is 837 g/mol. The minimum Gasteiger partial charge on any atom is -0.481 e. The van der Waals surface area contributed by atoms with E-state index < -0.39 is 69.4 Å². The van der Waals surface area contributed by atoms with E-state index in [0.717, 1.165) is 58.2 Å². The highest BCUT2D eigenvalue weighted by Crippen LogP contribution is 2.44. The fraction of sp³-hybridized carbons (Fsp3) is 0.591. The van der Waals surface area contributed by atoms with E-state index in [4.69, 9.17) is 5.11 Å². The molecular formula is C44H52F9N3O6. The Kier molecular flexibility index (Phi) is 13.7. The molecule has 0 saturated carbocycles. The zero-order valence-corrected chi connectivity index (χ0v) is 35.7. The Morgan fingerprint density at radius 3 is 1.13 bits per heavy atom. The van der Waals surface area contributed by atoms with Crippen LogP contribution in [0.4, 0.5) is 39.5 Å². The van der Waals surface area contributed by atoms with Gasteiger partial charge in [-0.05, 0) is 148 Å². The molecule has 3 aromatic rings. The number of halogens is 9. The van der Waals surface area contributed by atoms with Crippen molar-refractivity contribution >= 4 is 17.9 Å². The van der Waals surface area contributed by atoms with Crippen molar-refractivity contribution in [3.8, 4) is 0 Å². The predicted octanol–water partition coefficient (Wildman–Crippen LogP) is 10.1. The van der Waals surface area contributed by atoms with Crippen LogP contribution in [0.3, 0.4) is 0 Å². The molecule has 0 unspecified atom stereocenters. The average molecular weight is 890 g/mol. The number of aromatic nitrogens is 3. The van der Waals surface area contributed by atoms with Gasteiger partial charge in [0.25, 0.3) is 0 Å². The SMILES string of the molecule is CC(C)(c1ccc2c(n1)CC[C@@H](C(=O)O)C2)C(F)(F)F.CC(C)(c1ccc2c(n1)CC[C@@](C)(C(=O)O)C2)C(F)(F)F.CC(C)(c1ccc2c(n1)CC[C@](C)(C(=O)O)C2)C(F)(F)F. The molecule has 18 heteroatoms. The van der Waals surface area contributed by atoms with Crippen molar-refractivity contribution in [3.63, 3.8) is 0 Å². The summed E-state index contributed by atoms with van der Waals surface area (Å²) < 4.78 is 117. The molecule has 0 aliphatic heterocycles. The molecule has 9 nitrogen and oxygen atoms in total. The monoisotopic (exact) mass is 889 g/mol. The molecule has 0 fully saturated rings. The smallest absolute Gasteiger partial charge is 0.399 e. The summed E-state index contributed by atoms with van der Waals surface area (Å²) in [6, 6.07) is 8.84. The van der Waals surface area contributed by atoms with Crippen LogP contribution in [0, 0.1) is 16.7 Å². The summed E-state index contributed by atoms with van der Waals surface area (Å²) in [5.41, 5.74) is -3.86. The molecule has 6 rings (SSSR count). The number of hydrogen-bond acceptors (Lipinski definition) is 6. The van der Waals surface area contributed by atoms with Gasteiger partial charge in [-0.3, -0.25) is 29.3 Å². The van der Waals surface area contributed by atoms with E-state index in [-0.39, 0.29) is 17.1 Å². The zero-order valence-electron chi connectivity index (χ0n) is 35.7. The second kappa shape index (κ2) is 17.1. The quantitative estimate of drug-likeness (QED) is 0.206. The van der Waals surface area contributed by atoms with Crippen LogP contribution in [0.15, 0.2) is 36.4 Å². The Hall–Kier alpha value is -4.77. The average Bonchev–Trinajstić information content (AvgIpc) is 3.16. The van der Waals surface area contributed by atoms with E-state index in [0.29, 0.717) is 74.9 Å². The number of fused-ring (bicyclic) bond motifs is 3. The van der Waals surface area contributed by atoms with Gasteiger partial charge < -0.3 is 15.3 Å². The first-order valence-corrected chi connectivity index (χ1v) is 19.9. The largest absolute Gasteiger partial charge is 0.481 e. The van der Waals surface area contributed by atoms with Crippen molar-refractivity contribution in [3.05, 3.63) is 87.3 Å². The highest BCUT2D eigenvalue weighted by molar-refractivity contribution is 5.75. The van der Waals surface area contributed by atoms with Gasteiger partial charge in [0.2, 0.25) is 0 Å². The maximum Gasteiger partial charge on any atom is 0.399 e. The van der Waals surface area contributed by atoms with E-state index in [2.05, 4.69) is 15.0 Å². The molecule has 3 N–H and O–H groups in total. The number of aryl methyl sites for hydroxylation is 3. The number of rotatable bonds is 6. The Labute approximate surface area is 353 Å². The molecule has 3 atom stereocenters. The fourth-order valence-corrected chi connectivity index (χ4v) is 7.29. The summed E-state index contributed by atoms with van der Waals surface area (Å²) in [5.74, 6) is -3.10. The van der Waals surface area contributed by atoms with Crippen molar-refractivity contribution in [2.24, 2.45) is 16.7 Å². The minimum absolute atomic E-state index is 0.0162. The van der Waals surface area contributed by atoms with Crippen molar-refractivity contribution in [1.29, 1.82) is 0 Å². The lowest BCUT2D eigenvalue weighted by atomic mass is 9.74. The summed E-state index contributed by atoms with van der Waals surface area (Å²) in [5, 5.41) is 27.5. The lowest BCUT2D eigenvalue weighted by Gasteiger charge is -2.32. The third-order valence-corrected chi connectivity index (χ3v) is 12.8. The highest BCUT2D eigenvalue weighted by atomic mass is 19.4. The van der Waals surface area contributed by atoms with E-state index in [1.165, 1.54) is 18.2 Å². The number of pyridine rings is 3. The van der Waals surface area contributed by atoms with E-state index in [1.54, 1.807) is 32.0 Å². The molecule has 3 heterocycles. The highest BCUT2D eigenvalue weighted by Gasteiger charge is 2.52. The number of carbonyl (C=O) groups is 3. The Morgan fingerprint density at radius 2 is 0.839 bits per heavy atom. The number of aliphatic carboxylic acids is 3. The summed E-state index contributed by atoms with van der Waals surface area (Å²) >= 11 is 0. The molecule has 3 aliphatic rings. The molecule has 0 spiro atoms. The van der Waals surface area contributed by atoms with Crippen LogP contribution in [0.1, 0.15) is 126 Å². The first-order chi connectivity index (χ1) is 28.1. The van der Waals surface area contributed by atoms with E-state index in [1.807, 2.05) is 0 Å². The van der Waals surface area contributed by atoms with Crippen LogP contribution in [0.5, 0.6) is 0 Å². The van der Waals surface area contributed by atoms with Crippen LogP contribution in [-0.4, -0.2) is 66.7 Å². The topological polar surface area (TPSA) is 151 Å². The molecule has 0 bridgehead atoms. The third kappa shape index (κ3) is 10.2. The van der Waals surface area contributed by atoms with Crippen LogP contribution in [0.2, 0.25) is 0 Å². The molecule has 342 valence electrons. The van der Waals surface area contributed by atoms with Crippen molar-refractivity contribution < 1.29 is 69.2 Å². The van der Waals surface area contributed by atoms with Crippen LogP contribution in [-0.2, 0) is 69.2 Å². The number of carboxylic acids is 3.